The lowest BCUT2D eigenvalue weighted by Crippen LogP contribution is -2.32. The number of nitrogens with one attached hydrogen (secondary N) is 1. The van der Waals surface area contributed by atoms with Gasteiger partial charge < -0.3 is 10.1 Å². The van der Waals surface area contributed by atoms with Crippen LogP contribution in [0.15, 0.2) is 42.6 Å². The molecule has 1 amide bonds. The molecule has 6 nitrogen and oxygen atoms in total. The quantitative estimate of drug-likeness (QED) is 0.732. The van der Waals surface area contributed by atoms with Crippen molar-refractivity contribution in [3.8, 4) is 17.1 Å². The summed E-state index contributed by atoms with van der Waals surface area (Å²) < 4.78 is 43.0. The molecular formula is C19H17F3N4O2. The molecule has 0 bridgehead atoms. The topological polar surface area (TPSA) is 68.5 Å². The zero-order valence-corrected chi connectivity index (χ0v) is 14.7. The molecular weight excluding hydrogens is 373 g/mol. The Bertz CT molecular complexity index is 1010. The molecule has 1 aliphatic rings. The van der Waals surface area contributed by atoms with Crippen molar-refractivity contribution in [1.82, 2.24) is 19.9 Å². The lowest BCUT2D eigenvalue weighted by molar-refractivity contribution is -0.274. The molecule has 0 radical (unpaired) electrons. The number of ether oxygens (including phenoxy) is 1. The van der Waals surface area contributed by atoms with Crippen LogP contribution in [0.3, 0.4) is 0 Å². The summed E-state index contributed by atoms with van der Waals surface area (Å²) >= 11 is 0. The first kappa shape index (κ1) is 18.3. The van der Waals surface area contributed by atoms with E-state index in [1.165, 1.54) is 18.2 Å². The van der Waals surface area contributed by atoms with Gasteiger partial charge in [-0.05, 0) is 37.1 Å². The van der Waals surface area contributed by atoms with E-state index in [0.717, 1.165) is 25.7 Å². The van der Waals surface area contributed by atoms with Crippen LogP contribution in [-0.4, -0.2) is 32.9 Å². The van der Waals surface area contributed by atoms with Crippen LogP contribution in [0.5, 0.6) is 5.75 Å². The summed E-state index contributed by atoms with van der Waals surface area (Å²) in [6.45, 7) is 0. The van der Waals surface area contributed by atoms with Gasteiger partial charge in [-0.1, -0.05) is 25.0 Å². The monoisotopic (exact) mass is 390 g/mol. The third kappa shape index (κ3) is 3.92. The summed E-state index contributed by atoms with van der Waals surface area (Å²) in [5.41, 5.74) is 1.31. The van der Waals surface area contributed by atoms with Gasteiger partial charge in [0.1, 0.15) is 5.75 Å². The molecule has 3 aromatic rings. The number of amides is 1. The van der Waals surface area contributed by atoms with E-state index in [9.17, 15) is 18.0 Å². The van der Waals surface area contributed by atoms with Crippen molar-refractivity contribution in [3.05, 3.63) is 48.2 Å². The van der Waals surface area contributed by atoms with Gasteiger partial charge in [0.15, 0.2) is 11.5 Å². The Kier molecular flexibility index (Phi) is 4.66. The second kappa shape index (κ2) is 7.14. The van der Waals surface area contributed by atoms with E-state index < -0.39 is 6.36 Å². The van der Waals surface area contributed by atoms with Crippen molar-refractivity contribution in [2.75, 3.05) is 0 Å². The lowest BCUT2D eigenvalue weighted by Gasteiger charge is -2.12. The minimum Gasteiger partial charge on any atom is -0.406 e. The van der Waals surface area contributed by atoms with Crippen molar-refractivity contribution in [3.63, 3.8) is 0 Å². The van der Waals surface area contributed by atoms with Gasteiger partial charge in [0, 0.05) is 17.8 Å². The van der Waals surface area contributed by atoms with Crippen LogP contribution in [0.25, 0.3) is 17.0 Å². The van der Waals surface area contributed by atoms with Gasteiger partial charge in [0.2, 0.25) is 0 Å². The summed E-state index contributed by atoms with van der Waals surface area (Å²) in [4.78, 5) is 12.5. The smallest absolute Gasteiger partial charge is 0.406 e. The molecule has 9 heteroatoms. The van der Waals surface area contributed by atoms with Gasteiger partial charge >= 0.3 is 6.36 Å². The molecule has 2 heterocycles. The van der Waals surface area contributed by atoms with Gasteiger partial charge in [-0.15, -0.1) is 23.4 Å². The first-order valence-corrected chi connectivity index (χ1v) is 8.91. The van der Waals surface area contributed by atoms with Crippen LogP contribution in [0.1, 0.15) is 36.0 Å². The number of aromatic nitrogens is 3. The average molecular weight is 390 g/mol. The highest BCUT2D eigenvalue weighted by Gasteiger charge is 2.31. The number of carbonyl (C=O) groups excluding carboxylic acids is 1. The summed E-state index contributed by atoms with van der Waals surface area (Å²) in [5.74, 6) is -0.224. The molecule has 4 rings (SSSR count). The SMILES string of the molecule is O=C(NC1CCCC1)c1ccc2nnc(-c3cccc(OC(F)(F)F)c3)n2c1. The second-order valence-corrected chi connectivity index (χ2v) is 6.70. The molecule has 2 aromatic heterocycles. The first-order chi connectivity index (χ1) is 13.4. The van der Waals surface area contributed by atoms with Crippen molar-refractivity contribution < 1.29 is 22.7 Å². The van der Waals surface area contributed by atoms with Crippen molar-refractivity contribution in [1.29, 1.82) is 0 Å². The largest absolute Gasteiger partial charge is 0.573 e. The van der Waals surface area contributed by atoms with Crippen molar-refractivity contribution in [2.45, 2.75) is 38.1 Å². The third-order valence-electron chi connectivity index (χ3n) is 4.68. The van der Waals surface area contributed by atoms with Crippen LogP contribution in [0.2, 0.25) is 0 Å². The Morgan fingerprint density at radius 2 is 1.93 bits per heavy atom. The maximum absolute atomic E-state index is 12.5. The summed E-state index contributed by atoms with van der Waals surface area (Å²) in [7, 11) is 0. The fraction of sp³-hybridized carbons (Fsp3) is 0.316. The van der Waals surface area contributed by atoms with E-state index in [4.69, 9.17) is 0 Å². The van der Waals surface area contributed by atoms with Crippen molar-refractivity contribution in [2.24, 2.45) is 0 Å². The van der Waals surface area contributed by atoms with E-state index in [0.29, 0.717) is 22.6 Å². The number of fused-ring (bicyclic) bond motifs is 1. The molecule has 0 atom stereocenters. The van der Waals surface area contributed by atoms with Crippen LogP contribution in [-0.2, 0) is 0 Å². The Labute approximate surface area is 158 Å². The second-order valence-electron chi connectivity index (χ2n) is 6.70. The highest BCUT2D eigenvalue weighted by molar-refractivity contribution is 5.94. The Morgan fingerprint density at radius 1 is 1.14 bits per heavy atom. The van der Waals surface area contributed by atoms with Gasteiger partial charge in [-0.3, -0.25) is 9.20 Å². The number of nitrogens with zero attached hydrogens (tertiary/aromatic N) is 3. The maximum atomic E-state index is 12.5. The maximum Gasteiger partial charge on any atom is 0.573 e. The average Bonchev–Trinajstić information content (AvgIpc) is 3.29. The molecule has 1 aliphatic carbocycles. The predicted octanol–water partition coefficient (Wildman–Crippen LogP) is 3.97. The Morgan fingerprint density at radius 3 is 2.68 bits per heavy atom. The fourth-order valence-electron chi connectivity index (χ4n) is 3.39. The highest BCUT2D eigenvalue weighted by Crippen LogP contribution is 2.27. The number of hydrogen-bond donors (Lipinski definition) is 1. The number of benzene rings is 1. The molecule has 1 saturated carbocycles. The zero-order chi connectivity index (χ0) is 19.7. The molecule has 1 aromatic carbocycles. The molecule has 146 valence electrons. The van der Waals surface area contributed by atoms with Gasteiger partial charge in [-0.2, -0.15) is 0 Å². The van der Waals surface area contributed by atoms with Crippen LogP contribution in [0, 0.1) is 0 Å². The fourth-order valence-corrected chi connectivity index (χ4v) is 3.39. The van der Waals surface area contributed by atoms with Gasteiger partial charge in [0.25, 0.3) is 5.91 Å². The Hall–Kier alpha value is -3.10. The lowest BCUT2D eigenvalue weighted by atomic mass is 10.2. The number of hydrogen-bond acceptors (Lipinski definition) is 4. The zero-order valence-electron chi connectivity index (χ0n) is 14.7. The Balaban J connectivity index is 1.65. The van der Waals surface area contributed by atoms with Crippen LogP contribution >= 0.6 is 0 Å². The van der Waals surface area contributed by atoms with E-state index in [1.807, 2.05) is 0 Å². The number of pyridine rings is 1. The van der Waals surface area contributed by atoms with E-state index >= 15 is 0 Å². The number of rotatable bonds is 4. The molecule has 0 saturated heterocycles. The van der Waals surface area contributed by atoms with Crippen LogP contribution in [0.4, 0.5) is 13.2 Å². The molecule has 28 heavy (non-hydrogen) atoms. The minimum atomic E-state index is -4.78. The molecule has 0 spiro atoms. The molecule has 1 N–H and O–H groups in total. The summed E-state index contributed by atoms with van der Waals surface area (Å²) in [5, 5.41) is 11.1. The third-order valence-corrected chi connectivity index (χ3v) is 4.68. The van der Waals surface area contributed by atoms with Crippen LogP contribution < -0.4 is 10.1 Å². The first-order valence-electron chi connectivity index (χ1n) is 8.91. The van der Waals surface area contributed by atoms with Gasteiger partial charge in [-0.25, -0.2) is 0 Å². The highest BCUT2D eigenvalue weighted by atomic mass is 19.4. The standard InChI is InChI=1S/C19H17F3N4O2/c20-19(21,22)28-15-7-3-4-12(10-15)17-25-24-16-9-8-13(11-26(16)17)18(27)23-14-5-1-2-6-14/h3-4,7-11,14H,1-2,5-6H2,(H,23,27). The normalized spacial score (nSPS) is 15.1. The van der Waals surface area contributed by atoms with E-state index in [1.54, 1.807) is 28.8 Å². The minimum absolute atomic E-state index is 0.180. The molecule has 1 fully saturated rings. The summed E-state index contributed by atoms with van der Waals surface area (Å²) in [6, 6.07) is 8.96. The van der Waals surface area contributed by atoms with E-state index in [2.05, 4.69) is 20.3 Å². The molecule has 0 aliphatic heterocycles. The summed E-state index contributed by atoms with van der Waals surface area (Å²) in [6.07, 6.45) is 0.963. The number of carbonyl (C=O) groups is 1. The number of alkyl halides is 3. The van der Waals surface area contributed by atoms with Gasteiger partial charge in [0.05, 0.1) is 5.56 Å². The predicted molar refractivity (Wildman–Crippen MR) is 94.8 cm³/mol. The van der Waals surface area contributed by atoms with E-state index in [-0.39, 0.29) is 17.7 Å². The molecule has 0 unspecified atom stereocenters. The van der Waals surface area contributed by atoms with Crippen molar-refractivity contribution >= 4 is 11.6 Å². The number of halogens is 3.